The van der Waals surface area contributed by atoms with Crippen LogP contribution in [0.2, 0.25) is 5.02 Å². The van der Waals surface area contributed by atoms with Gasteiger partial charge in [0.2, 0.25) is 11.8 Å². The fraction of sp³-hybridized carbons (Fsp3) is 0.391. The van der Waals surface area contributed by atoms with Crippen LogP contribution in [0.4, 0.5) is 5.69 Å². The summed E-state index contributed by atoms with van der Waals surface area (Å²) in [4.78, 5) is 57.6. The van der Waals surface area contributed by atoms with Gasteiger partial charge < -0.3 is 15.2 Å². The van der Waals surface area contributed by atoms with E-state index < -0.39 is 28.2 Å². The fourth-order valence-corrected chi connectivity index (χ4v) is 3.71. The Kier molecular flexibility index (Phi) is 6.14. The average Bonchev–Trinajstić information content (AvgIpc) is 3.39. The third-order valence-corrected chi connectivity index (χ3v) is 5.94. The average molecular weight is 501 g/mol. The minimum Gasteiger partial charge on any atom is -0.342 e. The first-order valence-corrected chi connectivity index (χ1v) is 11.3. The molecule has 0 aliphatic heterocycles. The predicted octanol–water partition coefficient (Wildman–Crippen LogP) is 2.34. The second-order valence-electron chi connectivity index (χ2n) is 9.57. The highest BCUT2D eigenvalue weighted by atomic mass is 35.5. The third kappa shape index (κ3) is 5.19. The van der Waals surface area contributed by atoms with Crippen LogP contribution in [0.15, 0.2) is 38.4 Å². The minimum atomic E-state index is -0.794. The summed E-state index contributed by atoms with van der Waals surface area (Å²) < 4.78 is 5.84. The summed E-state index contributed by atoms with van der Waals surface area (Å²) in [6, 6.07) is 6.22. The van der Waals surface area contributed by atoms with Gasteiger partial charge in [-0.1, -0.05) is 32.4 Å². The van der Waals surface area contributed by atoms with E-state index in [9.17, 15) is 19.2 Å². The Morgan fingerprint density at radius 2 is 1.91 bits per heavy atom. The molecule has 12 heteroatoms. The number of aromatic amines is 1. The maximum Gasteiger partial charge on any atom is 0.459 e. The van der Waals surface area contributed by atoms with Crippen molar-refractivity contribution in [2.75, 3.05) is 5.32 Å². The van der Waals surface area contributed by atoms with Crippen molar-refractivity contribution < 1.29 is 14.1 Å². The molecule has 0 saturated heterocycles. The summed E-state index contributed by atoms with van der Waals surface area (Å²) in [7, 11) is 0. The van der Waals surface area contributed by atoms with Crippen molar-refractivity contribution in [2.45, 2.75) is 52.6 Å². The van der Waals surface area contributed by atoms with E-state index in [-0.39, 0.29) is 18.3 Å². The van der Waals surface area contributed by atoms with Crippen molar-refractivity contribution in [3.63, 3.8) is 0 Å². The predicted molar refractivity (Wildman–Crippen MR) is 128 cm³/mol. The smallest absolute Gasteiger partial charge is 0.342 e. The van der Waals surface area contributed by atoms with Crippen LogP contribution in [-0.2, 0) is 21.7 Å². The van der Waals surface area contributed by atoms with Crippen LogP contribution < -0.4 is 21.9 Å². The van der Waals surface area contributed by atoms with Gasteiger partial charge in [0.1, 0.15) is 17.9 Å². The second kappa shape index (κ2) is 8.81. The molecule has 0 atom stereocenters. The molecule has 1 fully saturated rings. The molecule has 3 N–H and O–H groups in total. The molecule has 2 aromatic heterocycles. The van der Waals surface area contributed by atoms with Crippen LogP contribution in [0.3, 0.4) is 0 Å². The monoisotopic (exact) mass is 500 g/mol. The van der Waals surface area contributed by atoms with Crippen LogP contribution in [0, 0.1) is 12.3 Å². The third-order valence-electron chi connectivity index (χ3n) is 5.71. The molecule has 3 aromatic rings. The van der Waals surface area contributed by atoms with Gasteiger partial charge in [0.15, 0.2) is 5.82 Å². The standard InChI is InChI=1S/C23H25ClN6O5/c1-12-25-16(14-6-5-13(24)9-15(14)26-20(33)22(2,3)4)10-18(32)30(12)11-17(31)28-23(7-8-23)19-27-21(34)35-29-19/h5-6,9-10H,7-8,11H2,1-4H3,(H,26,33)(H,28,31)(H,27,29,34). The number of H-pyrrole nitrogens is 1. The molecule has 0 spiro atoms. The molecule has 2 amide bonds. The van der Waals surface area contributed by atoms with Crippen LogP contribution in [0.1, 0.15) is 45.3 Å². The first-order valence-electron chi connectivity index (χ1n) is 10.9. The molecule has 1 aromatic carbocycles. The van der Waals surface area contributed by atoms with E-state index in [0.717, 1.165) is 0 Å². The van der Waals surface area contributed by atoms with Crippen molar-refractivity contribution in [1.29, 1.82) is 0 Å². The molecule has 2 heterocycles. The lowest BCUT2D eigenvalue weighted by molar-refractivity contribution is -0.123. The quantitative estimate of drug-likeness (QED) is 0.469. The Morgan fingerprint density at radius 3 is 2.49 bits per heavy atom. The van der Waals surface area contributed by atoms with E-state index in [0.29, 0.717) is 40.6 Å². The molecule has 0 bridgehead atoms. The van der Waals surface area contributed by atoms with Gasteiger partial charge >= 0.3 is 5.76 Å². The maximum atomic E-state index is 12.9. The maximum absolute atomic E-state index is 12.9. The number of aryl methyl sites for hydroxylation is 1. The number of carbonyl (C=O) groups is 2. The van der Waals surface area contributed by atoms with E-state index in [1.54, 1.807) is 45.9 Å². The van der Waals surface area contributed by atoms with Gasteiger partial charge in [-0.2, -0.15) is 4.98 Å². The van der Waals surface area contributed by atoms with E-state index >= 15 is 0 Å². The number of nitrogens with zero attached hydrogens (tertiary/aromatic N) is 3. The summed E-state index contributed by atoms with van der Waals surface area (Å²) in [6.45, 7) is 6.70. The van der Waals surface area contributed by atoms with E-state index in [1.807, 2.05) is 0 Å². The van der Waals surface area contributed by atoms with Crippen LogP contribution >= 0.6 is 11.6 Å². The minimum absolute atomic E-state index is 0.217. The van der Waals surface area contributed by atoms with Gasteiger partial charge in [-0.05, 0) is 38.0 Å². The van der Waals surface area contributed by atoms with E-state index in [1.165, 1.54) is 10.6 Å². The highest BCUT2D eigenvalue weighted by Crippen LogP contribution is 2.43. The Labute approximate surface area is 204 Å². The molecule has 1 aliphatic carbocycles. The Bertz CT molecular complexity index is 1430. The summed E-state index contributed by atoms with van der Waals surface area (Å²) in [5.74, 6) is -0.861. The number of halogens is 1. The highest BCUT2D eigenvalue weighted by Gasteiger charge is 2.49. The Morgan fingerprint density at radius 1 is 1.20 bits per heavy atom. The lowest BCUT2D eigenvalue weighted by Crippen LogP contribution is -2.40. The number of hydrogen-bond acceptors (Lipinski definition) is 7. The van der Waals surface area contributed by atoms with Crippen molar-refractivity contribution in [1.82, 2.24) is 25.0 Å². The molecule has 35 heavy (non-hydrogen) atoms. The van der Waals surface area contributed by atoms with Gasteiger partial charge in [-0.3, -0.25) is 19.0 Å². The number of carbonyl (C=O) groups excluding carboxylic acids is 2. The number of anilines is 1. The molecule has 0 unspecified atom stereocenters. The molecule has 184 valence electrons. The summed E-state index contributed by atoms with van der Waals surface area (Å²) >= 11 is 6.14. The number of benzene rings is 1. The number of amides is 2. The molecule has 11 nitrogen and oxygen atoms in total. The lowest BCUT2D eigenvalue weighted by atomic mass is 9.95. The largest absolute Gasteiger partial charge is 0.459 e. The zero-order chi connectivity index (χ0) is 25.5. The Balaban J connectivity index is 1.58. The van der Waals surface area contributed by atoms with Crippen molar-refractivity contribution >= 4 is 29.1 Å². The van der Waals surface area contributed by atoms with Gasteiger partial charge in [0, 0.05) is 22.1 Å². The molecular weight excluding hydrogens is 476 g/mol. The van der Waals surface area contributed by atoms with E-state index in [2.05, 4.69) is 30.3 Å². The SMILES string of the molecule is Cc1nc(-c2ccc(Cl)cc2NC(=O)C(C)(C)C)cc(=O)n1CC(=O)NC1(c2nc(=O)o[nH]2)CC1. The number of rotatable bonds is 6. The zero-order valence-corrected chi connectivity index (χ0v) is 20.4. The fourth-order valence-electron chi connectivity index (χ4n) is 3.53. The van der Waals surface area contributed by atoms with Crippen LogP contribution in [-0.4, -0.2) is 31.5 Å². The van der Waals surface area contributed by atoms with Crippen LogP contribution in [0.5, 0.6) is 0 Å². The summed E-state index contributed by atoms with van der Waals surface area (Å²) in [6.07, 6.45) is 1.18. The first-order chi connectivity index (χ1) is 16.4. The second-order valence-corrected chi connectivity index (χ2v) is 10.0. The normalized spacial score (nSPS) is 14.4. The van der Waals surface area contributed by atoms with Gasteiger partial charge in [0.05, 0.1) is 11.4 Å². The summed E-state index contributed by atoms with van der Waals surface area (Å²) in [5, 5.41) is 8.51. The summed E-state index contributed by atoms with van der Waals surface area (Å²) in [5.41, 5.74) is -0.587. The van der Waals surface area contributed by atoms with Crippen molar-refractivity contribution in [2.24, 2.45) is 5.41 Å². The van der Waals surface area contributed by atoms with Gasteiger partial charge in [-0.15, -0.1) is 0 Å². The van der Waals surface area contributed by atoms with E-state index in [4.69, 9.17) is 11.6 Å². The molecule has 1 saturated carbocycles. The zero-order valence-electron chi connectivity index (χ0n) is 19.7. The number of hydrogen-bond donors (Lipinski definition) is 3. The molecule has 1 aliphatic rings. The lowest BCUT2D eigenvalue weighted by Gasteiger charge is -2.20. The van der Waals surface area contributed by atoms with Gasteiger partial charge in [-0.25, -0.2) is 14.9 Å². The van der Waals surface area contributed by atoms with Crippen molar-refractivity contribution in [3.8, 4) is 11.3 Å². The topological polar surface area (TPSA) is 152 Å². The number of aromatic nitrogens is 4. The van der Waals surface area contributed by atoms with Gasteiger partial charge in [0.25, 0.3) is 5.56 Å². The highest BCUT2D eigenvalue weighted by molar-refractivity contribution is 6.31. The van der Waals surface area contributed by atoms with Crippen molar-refractivity contribution in [3.05, 3.63) is 61.8 Å². The molecule has 0 radical (unpaired) electrons. The first kappa shape index (κ1) is 24.4. The number of nitrogens with one attached hydrogen (secondary N) is 3. The Hall–Kier alpha value is -3.73. The molecule has 4 rings (SSSR count). The molecular formula is C23H25ClN6O5. The van der Waals surface area contributed by atoms with Crippen LogP contribution in [0.25, 0.3) is 11.3 Å².